The number of hydrogen-bond acceptors (Lipinski definition) is 16. The number of nitrogens with one attached hydrogen (secondary N) is 1. The first-order chi connectivity index (χ1) is 14.5. The van der Waals surface area contributed by atoms with Crippen molar-refractivity contribution in [1.29, 1.82) is 0 Å². The van der Waals surface area contributed by atoms with E-state index in [0.29, 0.717) is 0 Å². The fraction of sp³-hybridized carbons (Fsp3) is 0.600. The number of nitroso groups, excluding NO2 is 1. The SMILES string of the molecule is Cn1cc(C2OC(CO[PH](O)(O)OP(O)OO[PH](=O)OO)C(N=O)C2O)c(=O)[nH]c1=O. The standard InChI is InChI=1S/C10H18N3O15P3/c1-13-2-4(9(15)11-10(13)16)8-7(14)6(12-17)5(24-8)3-23-31(21,22)28-30(20)27-26-29(19)25-18/h2,5-8,14,18,20-22,29,31H,3H2,1H3,(H,11,15,16). The minimum atomic E-state index is -5.15. The van der Waals surface area contributed by atoms with Crippen molar-refractivity contribution in [2.45, 2.75) is 24.4 Å². The average Bonchev–Trinajstić information content (AvgIpc) is 3.02. The Bertz CT molecular complexity index is 907. The number of aromatic amines is 1. The molecule has 178 valence electrons. The summed E-state index contributed by atoms with van der Waals surface area (Å²) < 4.78 is 36.9. The molecule has 1 fully saturated rings. The van der Waals surface area contributed by atoms with Crippen LogP contribution in [-0.4, -0.2) is 59.5 Å². The first-order valence-electron chi connectivity index (χ1n) is 7.91. The quantitative estimate of drug-likeness (QED) is 0.0850. The molecule has 6 unspecified atom stereocenters. The van der Waals surface area contributed by atoms with Crippen LogP contribution in [0.4, 0.5) is 0 Å². The summed E-state index contributed by atoms with van der Waals surface area (Å²) in [5.74, 6) is 0. The number of hydrogen-bond donors (Lipinski definition) is 6. The van der Waals surface area contributed by atoms with Crippen LogP contribution < -0.4 is 11.2 Å². The number of ether oxygens (including phenoxy) is 1. The Balaban J connectivity index is 2.03. The van der Waals surface area contributed by atoms with Gasteiger partial charge in [0.2, 0.25) is 0 Å². The zero-order chi connectivity index (χ0) is 23.3. The maximum atomic E-state index is 12.0. The Morgan fingerprint density at radius 2 is 2.10 bits per heavy atom. The molecule has 0 aromatic carbocycles. The van der Waals surface area contributed by atoms with Gasteiger partial charge < -0.3 is 0 Å². The molecule has 1 aromatic heterocycles. The molecule has 21 heteroatoms. The molecule has 0 bridgehead atoms. The van der Waals surface area contributed by atoms with E-state index in [1.807, 2.05) is 4.98 Å². The molecular formula is C10H18N3O15P3. The topological polar surface area (TPSA) is 258 Å². The van der Waals surface area contributed by atoms with E-state index in [1.54, 1.807) is 0 Å². The third-order valence-corrected chi connectivity index (χ3v) is 6.63. The van der Waals surface area contributed by atoms with Crippen LogP contribution in [0.25, 0.3) is 0 Å². The van der Waals surface area contributed by atoms with E-state index < -0.39 is 67.2 Å². The summed E-state index contributed by atoms with van der Waals surface area (Å²) in [4.78, 5) is 65.2. The summed E-state index contributed by atoms with van der Waals surface area (Å²) >= 11 is 0. The van der Waals surface area contributed by atoms with Crippen molar-refractivity contribution in [3.8, 4) is 0 Å². The predicted molar refractivity (Wildman–Crippen MR) is 99.3 cm³/mol. The van der Waals surface area contributed by atoms with Gasteiger partial charge in [-0.3, -0.25) is 0 Å². The molecule has 1 saturated heterocycles. The zero-order valence-corrected chi connectivity index (χ0v) is 18.1. The normalized spacial score (nSPS) is 26.5. The predicted octanol–water partition coefficient (Wildman–Crippen LogP) is -1.52. The van der Waals surface area contributed by atoms with E-state index in [1.165, 1.54) is 7.05 Å². The van der Waals surface area contributed by atoms with Crippen molar-refractivity contribution in [3.63, 3.8) is 0 Å². The number of H-pyrrole nitrogens is 1. The Morgan fingerprint density at radius 1 is 1.42 bits per heavy atom. The minimum absolute atomic E-state index is 0.204. The first-order valence-corrected chi connectivity index (χ1v) is 12.0. The van der Waals surface area contributed by atoms with Crippen LogP contribution in [-0.2, 0) is 39.2 Å². The van der Waals surface area contributed by atoms with E-state index in [4.69, 9.17) is 9.99 Å². The van der Waals surface area contributed by atoms with Crippen LogP contribution in [0.15, 0.2) is 21.0 Å². The second-order valence-corrected chi connectivity index (χ2v) is 9.41. The van der Waals surface area contributed by atoms with E-state index in [9.17, 15) is 38.8 Å². The fourth-order valence-electron chi connectivity index (χ4n) is 2.47. The van der Waals surface area contributed by atoms with Gasteiger partial charge in [0.05, 0.1) is 0 Å². The van der Waals surface area contributed by atoms with Gasteiger partial charge in [-0.2, -0.15) is 0 Å². The molecule has 0 aliphatic carbocycles. The fourth-order valence-corrected chi connectivity index (χ4v) is 4.53. The summed E-state index contributed by atoms with van der Waals surface area (Å²) in [6.07, 6.45) is -3.38. The first kappa shape index (κ1) is 26.2. The van der Waals surface area contributed by atoms with Crippen LogP contribution in [0.5, 0.6) is 0 Å². The van der Waals surface area contributed by atoms with Crippen LogP contribution in [0.3, 0.4) is 0 Å². The Hall–Kier alpha value is -1.07. The van der Waals surface area contributed by atoms with Gasteiger partial charge in [-0.15, -0.1) is 0 Å². The van der Waals surface area contributed by atoms with Gasteiger partial charge in [-0.1, -0.05) is 0 Å². The molecule has 2 heterocycles. The molecule has 6 N–H and O–H groups in total. The summed E-state index contributed by atoms with van der Waals surface area (Å²) in [5, 5.41) is 21.0. The van der Waals surface area contributed by atoms with Gasteiger partial charge in [0.15, 0.2) is 0 Å². The van der Waals surface area contributed by atoms with Gasteiger partial charge in [-0.05, 0) is 0 Å². The molecule has 1 aliphatic rings. The summed E-state index contributed by atoms with van der Waals surface area (Å²) in [6, 6.07) is -1.52. The summed E-state index contributed by atoms with van der Waals surface area (Å²) in [7, 11) is -10.6. The second-order valence-electron chi connectivity index (χ2n) is 5.82. The molecule has 0 amide bonds. The molecule has 2 rings (SSSR count). The van der Waals surface area contributed by atoms with E-state index >= 15 is 0 Å². The van der Waals surface area contributed by atoms with E-state index in [0.717, 1.165) is 10.8 Å². The van der Waals surface area contributed by atoms with Crippen molar-refractivity contribution in [1.82, 2.24) is 9.55 Å². The third kappa shape index (κ3) is 6.95. The number of aromatic nitrogens is 2. The summed E-state index contributed by atoms with van der Waals surface area (Å²) in [5.41, 5.74) is -1.82. The van der Waals surface area contributed by atoms with Crippen LogP contribution >= 0.6 is 25.0 Å². The Kier molecular flexibility index (Phi) is 9.44. The summed E-state index contributed by atoms with van der Waals surface area (Å²) in [6.45, 7) is -0.812. The van der Waals surface area contributed by atoms with Gasteiger partial charge in [0, 0.05) is 0 Å². The van der Waals surface area contributed by atoms with Gasteiger partial charge in [0.1, 0.15) is 0 Å². The average molecular weight is 513 g/mol. The Labute approximate surface area is 173 Å². The molecule has 0 radical (unpaired) electrons. The van der Waals surface area contributed by atoms with E-state index in [-0.39, 0.29) is 5.56 Å². The van der Waals surface area contributed by atoms with Crippen LogP contribution in [0, 0.1) is 4.91 Å². The van der Waals surface area contributed by atoms with Gasteiger partial charge >= 0.3 is 172 Å². The molecule has 1 aliphatic heterocycles. The number of nitrogens with zero attached hydrogens (tertiary/aromatic N) is 2. The van der Waals surface area contributed by atoms with Crippen LogP contribution in [0.1, 0.15) is 11.7 Å². The molecule has 1 aromatic rings. The van der Waals surface area contributed by atoms with Crippen molar-refractivity contribution in [2.75, 3.05) is 6.61 Å². The van der Waals surface area contributed by atoms with Crippen molar-refractivity contribution >= 4 is 25.0 Å². The maximum absolute atomic E-state index is 12.0. The molecule has 0 spiro atoms. The third-order valence-electron chi connectivity index (χ3n) is 3.80. The monoisotopic (exact) mass is 513 g/mol. The van der Waals surface area contributed by atoms with Crippen molar-refractivity contribution in [2.24, 2.45) is 12.2 Å². The number of aryl methyl sites for hydroxylation is 1. The van der Waals surface area contributed by atoms with Crippen molar-refractivity contribution < 1.29 is 57.2 Å². The molecule has 31 heavy (non-hydrogen) atoms. The van der Waals surface area contributed by atoms with Gasteiger partial charge in [-0.25, -0.2) is 0 Å². The van der Waals surface area contributed by atoms with E-state index in [2.05, 4.69) is 28.0 Å². The molecular weight excluding hydrogens is 495 g/mol. The van der Waals surface area contributed by atoms with Crippen LogP contribution in [0.2, 0.25) is 0 Å². The molecule has 0 saturated carbocycles. The van der Waals surface area contributed by atoms with Crippen molar-refractivity contribution in [3.05, 3.63) is 37.5 Å². The second kappa shape index (κ2) is 11.2. The number of aliphatic hydroxyl groups is 1. The Morgan fingerprint density at radius 3 is 2.71 bits per heavy atom. The molecule has 18 nitrogen and oxygen atoms in total. The number of aliphatic hydroxyl groups excluding tert-OH is 1. The number of rotatable bonds is 11. The molecule has 6 atom stereocenters. The zero-order valence-electron chi connectivity index (χ0n) is 15.3. The van der Waals surface area contributed by atoms with Gasteiger partial charge in [0.25, 0.3) is 0 Å².